The van der Waals surface area contributed by atoms with Gasteiger partial charge in [0.25, 0.3) is 0 Å². The van der Waals surface area contributed by atoms with Crippen LogP contribution >= 0.6 is 11.3 Å². The molecule has 3 heteroatoms. The third-order valence-corrected chi connectivity index (χ3v) is 3.72. The lowest BCUT2D eigenvalue weighted by Gasteiger charge is -2.23. The van der Waals surface area contributed by atoms with E-state index in [-0.39, 0.29) is 0 Å². The fourth-order valence-corrected chi connectivity index (χ4v) is 2.92. The molecule has 0 atom stereocenters. The molecule has 0 saturated heterocycles. The zero-order chi connectivity index (χ0) is 9.80. The van der Waals surface area contributed by atoms with Gasteiger partial charge in [0.05, 0.1) is 11.2 Å². The van der Waals surface area contributed by atoms with Crippen LogP contribution in [0.25, 0.3) is 0 Å². The molecule has 0 radical (unpaired) electrons. The zero-order valence-corrected chi connectivity index (χ0v) is 9.57. The highest BCUT2D eigenvalue weighted by molar-refractivity contribution is 7.14. The number of hydrogen-bond donors (Lipinski definition) is 1. The quantitative estimate of drug-likeness (QED) is 0.826. The summed E-state index contributed by atoms with van der Waals surface area (Å²) in [6.45, 7) is 2.17. The van der Waals surface area contributed by atoms with Gasteiger partial charge in [0, 0.05) is 6.04 Å². The average Bonchev–Trinajstić information content (AvgIpc) is 2.67. The van der Waals surface area contributed by atoms with Gasteiger partial charge in [-0.15, -0.1) is 11.3 Å². The lowest BCUT2D eigenvalue weighted by molar-refractivity contribution is 0.463. The van der Waals surface area contributed by atoms with Crippen molar-refractivity contribution in [2.45, 2.75) is 51.5 Å². The summed E-state index contributed by atoms with van der Waals surface area (Å²) in [7, 11) is 0. The Kier molecular flexibility index (Phi) is 3.40. The molecular formula is C11H18N2S. The summed E-state index contributed by atoms with van der Waals surface area (Å²) >= 11 is 1.75. The molecule has 14 heavy (non-hydrogen) atoms. The molecule has 1 heterocycles. The molecule has 0 unspecified atom stereocenters. The number of aryl methyl sites for hydroxylation is 1. The molecule has 1 N–H and O–H groups in total. The first-order chi connectivity index (χ1) is 6.90. The maximum atomic E-state index is 4.36. The van der Waals surface area contributed by atoms with E-state index < -0.39 is 0 Å². The van der Waals surface area contributed by atoms with Gasteiger partial charge < -0.3 is 5.32 Å². The summed E-state index contributed by atoms with van der Waals surface area (Å²) in [6, 6.07) is 0.703. The second kappa shape index (κ2) is 4.78. The van der Waals surface area contributed by atoms with Gasteiger partial charge in [-0.3, -0.25) is 0 Å². The number of anilines is 1. The van der Waals surface area contributed by atoms with Crippen LogP contribution in [-0.4, -0.2) is 11.0 Å². The minimum absolute atomic E-state index is 0.703. The van der Waals surface area contributed by atoms with Crippen LogP contribution in [0.4, 0.5) is 5.00 Å². The highest BCUT2D eigenvalue weighted by Crippen LogP contribution is 2.26. The molecule has 1 aromatic heterocycles. The monoisotopic (exact) mass is 210 g/mol. The predicted molar refractivity (Wildman–Crippen MR) is 62.0 cm³/mol. The van der Waals surface area contributed by atoms with Gasteiger partial charge in [-0.25, -0.2) is 4.98 Å². The van der Waals surface area contributed by atoms with Crippen molar-refractivity contribution >= 4 is 16.3 Å². The van der Waals surface area contributed by atoms with Crippen LogP contribution in [0.1, 0.15) is 44.7 Å². The molecule has 0 aliphatic heterocycles. The lowest BCUT2D eigenvalue weighted by atomic mass is 9.95. The molecule has 78 valence electrons. The minimum Gasteiger partial charge on any atom is -0.373 e. The van der Waals surface area contributed by atoms with Crippen molar-refractivity contribution in [3.63, 3.8) is 0 Å². The summed E-state index contributed by atoms with van der Waals surface area (Å²) in [5.74, 6) is 0. The van der Waals surface area contributed by atoms with E-state index in [2.05, 4.69) is 17.2 Å². The maximum Gasteiger partial charge on any atom is 0.112 e. The Balaban J connectivity index is 1.95. The molecule has 0 amide bonds. The Hall–Kier alpha value is -0.570. The fourth-order valence-electron chi connectivity index (χ4n) is 2.07. The molecule has 0 bridgehead atoms. The Bertz CT molecular complexity index is 277. The third-order valence-electron chi connectivity index (χ3n) is 2.92. The number of thiazole rings is 1. The van der Waals surface area contributed by atoms with Crippen LogP contribution in [0.5, 0.6) is 0 Å². The standard InChI is InChI=1S/C11H18N2S/c1-2-10-11(14-8-12-10)13-9-6-4-3-5-7-9/h8-9,13H,2-7H2,1H3. The van der Waals surface area contributed by atoms with E-state index in [1.54, 1.807) is 11.3 Å². The summed E-state index contributed by atoms with van der Waals surface area (Å²) in [5, 5.41) is 4.94. The summed E-state index contributed by atoms with van der Waals surface area (Å²) in [5.41, 5.74) is 3.19. The van der Waals surface area contributed by atoms with E-state index in [4.69, 9.17) is 0 Å². The Morgan fingerprint density at radius 3 is 2.93 bits per heavy atom. The Labute approximate surface area is 89.8 Å². The molecule has 1 aliphatic rings. The van der Waals surface area contributed by atoms with Crippen molar-refractivity contribution in [2.75, 3.05) is 5.32 Å². The molecule has 1 aliphatic carbocycles. The molecule has 2 rings (SSSR count). The first kappa shape index (κ1) is 9.97. The maximum absolute atomic E-state index is 4.36. The molecular weight excluding hydrogens is 192 g/mol. The average molecular weight is 210 g/mol. The third kappa shape index (κ3) is 2.27. The first-order valence-corrected chi connectivity index (χ1v) is 6.47. The molecule has 1 aromatic rings. The second-order valence-corrected chi connectivity index (χ2v) is 4.82. The van der Waals surface area contributed by atoms with E-state index in [0.717, 1.165) is 6.42 Å². The van der Waals surface area contributed by atoms with Crippen LogP contribution in [0, 0.1) is 0 Å². The minimum atomic E-state index is 0.703. The van der Waals surface area contributed by atoms with E-state index in [0.29, 0.717) is 6.04 Å². The van der Waals surface area contributed by atoms with E-state index in [9.17, 15) is 0 Å². The van der Waals surface area contributed by atoms with E-state index >= 15 is 0 Å². The summed E-state index contributed by atoms with van der Waals surface area (Å²) in [4.78, 5) is 4.36. The van der Waals surface area contributed by atoms with Gasteiger partial charge >= 0.3 is 0 Å². The van der Waals surface area contributed by atoms with Gasteiger partial charge in [-0.05, 0) is 19.3 Å². The number of hydrogen-bond acceptors (Lipinski definition) is 3. The van der Waals surface area contributed by atoms with Crippen LogP contribution < -0.4 is 5.32 Å². The molecule has 1 saturated carbocycles. The van der Waals surface area contributed by atoms with Crippen molar-refractivity contribution in [1.29, 1.82) is 0 Å². The normalized spacial score (nSPS) is 18.4. The number of nitrogens with zero attached hydrogens (tertiary/aromatic N) is 1. The van der Waals surface area contributed by atoms with Crippen molar-refractivity contribution < 1.29 is 0 Å². The smallest absolute Gasteiger partial charge is 0.112 e. The van der Waals surface area contributed by atoms with E-state index in [1.807, 2.05) is 5.51 Å². The van der Waals surface area contributed by atoms with Crippen LogP contribution in [0.2, 0.25) is 0 Å². The lowest BCUT2D eigenvalue weighted by Crippen LogP contribution is -2.22. The molecule has 0 aromatic carbocycles. The van der Waals surface area contributed by atoms with Crippen LogP contribution in [-0.2, 0) is 6.42 Å². The molecule has 0 spiro atoms. The SMILES string of the molecule is CCc1ncsc1NC1CCCCC1. The first-order valence-electron chi connectivity index (χ1n) is 5.59. The Morgan fingerprint density at radius 1 is 1.43 bits per heavy atom. The van der Waals surface area contributed by atoms with Crippen LogP contribution in [0.3, 0.4) is 0 Å². The van der Waals surface area contributed by atoms with Gasteiger partial charge in [0.2, 0.25) is 0 Å². The van der Waals surface area contributed by atoms with E-state index in [1.165, 1.54) is 42.8 Å². The van der Waals surface area contributed by atoms with Crippen molar-refractivity contribution in [3.05, 3.63) is 11.2 Å². The molecule has 1 fully saturated rings. The number of nitrogens with one attached hydrogen (secondary N) is 1. The van der Waals surface area contributed by atoms with Crippen molar-refractivity contribution in [3.8, 4) is 0 Å². The fraction of sp³-hybridized carbons (Fsp3) is 0.727. The van der Waals surface area contributed by atoms with Gasteiger partial charge in [-0.2, -0.15) is 0 Å². The van der Waals surface area contributed by atoms with Gasteiger partial charge in [-0.1, -0.05) is 26.2 Å². The van der Waals surface area contributed by atoms with Crippen molar-refractivity contribution in [2.24, 2.45) is 0 Å². The topological polar surface area (TPSA) is 24.9 Å². The highest BCUT2D eigenvalue weighted by Gasteiger charge is 2.14. The zero-order valence-electron chi connectivity index (χ0n) is 8.75. The molecule has 2 nitrogen and oxygen atoms in total. The Morgan fingerprint density at radius 2 is 2.21 bits per heavy atom. The second-order valence-electron chi connectivity index (χ2n) is 3.96. The van der Waals surface area contributed by atoms with Gasteiger partial charge in [0.15, 0.2) is 0 Å². The summed E-state index contributed by atoms with van der Waals surface area (Å²) < 4.78 is 0. The van der Waals surface area contributed by atoms with Crippen molar-refractivity contribution in [1.82, 2.24) is 4.98 Å². The summed E-state index contributed by atoms with van der Waals surface area (Å²) in [6.07, 6.45) is 7.90. The largest absolute Gasteiger partial charge is 0.373 e. The number of rotatable bonds is 3. The van der Waals surface area contributed by atoms with Gasteiger partial charge in [0.1, 0.15) is 5.00 Å². The highest BCUT2D eigenvalue weighted by atomic mass is 32.1. The van der Waals surface area contributed by atoms with Crippen LogP contribution in [0.15, 0.2) is 5.51 Å². The predicted octanol–water partition coefficient (Wildman–Crippen LogP) is 3.45. The number of aromatic nitrogens is 1.